The highest BCUT2D eigenvalue weighted by molar-refractivity contribution is 6.09. The molecule has 0 aromatic rings. The van der Waals surface area contributed by atoms with Crippen molar-refractivity contribution in [2.24, 2.45) is 0 Å². The van der Waals surface area contributed by atoms with Crippen molar-refractivity contribution in [2.75, 3.05) is 13.2 Å². The lowest BCUT2D eigenvalue weighted by Gasteiger charge is -2.33. The highest BCUT2D eigenvalue weighted by Crippen LogP contribution is 2.43. The van der Waals surface area contributed by atoms with Crippen LogP contribution in [0.1, 0.15) is 25.7 Å². The number of aliphatic hydroxyl groups excluding tert-OH is 1. The molecule has 2 nitrogen and oxygen atoms in total. The molecule has 0 aromatic carbocycles. The number of aliphatic hydroxyl groups is 1. The SMILES string of the molecule is [B]CC12CCCN1C(CO)CC2. The molecule has 2 heterocycles. The summed E-state index contributed by atoms with van der Waals surface area (Å²) in [7, 11) is 5.80. The standard InChI is InChI=1S/C9H16BNO/c10-7-9-3-1-5-11(9)8(6-12)2-4-9/h8,12H,1-7H2. The van der Waals surface area contributed by atoms with Gasteiger partial charge < -0.3 is 5.11 Å². The first kappa shape index (κ1) is 8.58. The van der Waals surface area contributed by atoms with E-state index in [4.69, 9.17) is 13.0 Å². The van der Waals surface area contributed by atoms with Crippen molar-refractivity contribution < 1.29 is 5.11 Å². The minimum Gasteiger partial charge on any atom is -0.395 e. The van der Waals surface area contributed by atoms with Crippen LogP contribution in [0.3, 0.4) is 0 Å². The van der Waals surface area contributed by atoms with Crippen LogP contribution in [0.15, 0.2) is 0 Å². The highest BCUT2D eigenvalue weighted by atomic mass is 16.3. The van der Waals surface area contributed by atoms with Crippen molar-refractivity contribution >= 4 is 7.85 Å². The van der Waals surface area contributed by atoms with E-state index >= 15 is 0 Å². The smallest absolute Gasteiger partial charge is 0.0678 e. The molecule has 2 aliphatic rings. The van der Waals surface area contributed by atoms with E-state index in [2.05, 4.69) is 4.90 Å². The maximum absolute atomic E-state index is 9.14. The summed E-state index contributed by atoms with van der Waals surface area (Å²) in [6.07, 6.45) is 5.58. The van der Waals surface area contributed by atoms with Crippen LogP contribution in [0, 0.1) is 0 Å². The van der Waals surface area contributed by atoms with Gasteiger partial charge in [-0.1, -0.05) is 6.32 Å². The minimum absolute atomic E-state index is 0.271. The molecule has 2 fully saturated rings. The van der Waals surface area contributed by atoms with Crippen LogP contribution >= 0.6 is 0 Å². The Balaban J connectivity index is 2.14. The van der Waals surface area contributed by atoms with E-state index in [1.165, 1.54) is 19.3 Å². The van der Waals surface area contributed by atoms with Crippen LogP contribution in [-0.2, 0) is 0 Å². The van der Waals surface area contributed by atoms with Crippen LogP contribution in [0.25, 0.3) is 0 Å². The van der Waals surface area contributed by atoms with E-state index in [0.29, 0.717) is 12.6 Å². The molecule has 2 unspecified atom stereocenters. The zero-order valence-electron chi connectivity index (χ0n) is 7.50. The average molecular weight is 165 g/mol. The van der Waals surface area contributed by atoms with Gasteiger partial charge in [0.2, 0.25) is 0 Å². The Morgan fingerprint density at radius 2 is 2.33 bits per heavy atom. The molecule has 1 N–H and O–H groups in total. The zero-order chi connectivity index (χ0) is 8.60. The molecule has 0 bridgehead atoms. The fourth-order valence-corrected chi connectivity index (χ4v) is 2.90. The Hall–Kier alpha value is -0.0151. The molecule has 0 amide bonds. The zero-order valence-corrected chi connectivity index (χ0v) is 7.50. The molecule has 2 atom stereocenters. The number of fused-ring (bicyclic) bond motifs is 1. The molecule has 0 aromatic heterocycles. The first-order chi connectivity index (χ1) is 5.82. The van der Waals surface area contributed by atoms with Crippen molar-refractivity contribution in [3.63, 3.8) is 0 Å². The van der Waals surface area contributed by atoms with Gasteiger partial charge in [0.15, 0.2) is 0 Å². The summed E-state index contributed by atoms with van der Waals surface area (Å²) in [5, 5.41) is 9.14. The third-order valence-corrected chi connectivity index (χ3v) is 3.62. The second kappa shape index (κ2) is 3.04. The van der Waals surface area contributed by atoms with E-state index in [-0.39, 0.29) is 5.54 Å². The summed E-state index contributed by atoms with van der Waals surface area (Å²) in [4.78, 5) is 2.44. The topological polar surface area (TPSA) is 23.5 Å². The number of nitrogens with zero attached hydrogens (tertiary/aromatic N) is 1. The summed E-state index contributed by atoms with van der Waals surface area (Å²) in [5.74, 6) is 0. The molecule has 0 aliphatic carbocycles. The largest absolute Gasteiger partial charge is 0.395 e. The molecular weight excluding hydrogens is 149 g/mol. The molecule has 66 valence electrons. The number of hydrogen-bond donors (Lipinski definition) is 1. The van der Waals surface area contributed by atoms with Gasteiger partial charge in [0, 0.05) is 11.6 Å². The van der Waals surface area contributed by atoms with Crippen molar-refractivity contribution in [3.05, 3.63) is 0 Å². The Morgan fingerprint density at radius 3 is 3.00 bits per heavy atom. The maximum Gasteiger partial charge on any atom is 0.0678 e. The molecule has 2 aliphatic heterocycles. The molecular formula is C9H16BNO. The summed E-state index contributed by atoms with van der Waals surface area (Å²) in [6, 6.07) is 0.399. The minimum atomic E-state index is 0.271. The second-order valence-electron chi connectivity index (χ2n) is 4.10. The van der Waals surface area contributed by atoms with E-state index in [1.807, 2.05) is 0 Å². The first-order valence-electron chi connectivity index (χ1n) is 4.90. The van der Waals surface area contributed by atoms with Gasteiger partial charge in [-0.2, -0.15) is 0 Å². The average Bonchev–Trinajstić information content (AvgIpc) is 2.61. The lowest BCUT2D eigenvalue weighted by Crippen LogP contribution is -2.43. The fourth-order valence-electron chi connectivity index (χ4n) is 2.90. The summed E-state index contributed by atoms with van der Waals surface area (Å²) in [5.41, 5.74) is 0.271. The third-order valence-electron chi connectivity index (χ3n) is 3.62. The maximum atomic E-state index is 9.14. The van der Waals surface area contributed by atoms with Crippen molar-refractivity contribution in [1.29, 1.82) is 0 Å². The van der Waals surface area contributed by atoms with Crippen LogP contribution < -0.4 is 0 Å². The molecule has 2 rings (SSSR count). The van der Waals surface area contributed by atoms with E-state index < -0.39 is 0 Å². The molecule has 3 heteroatoms. The van der Waals surface area contributed by atoms with Crippen LogP contribution in [0.2, 0.25) is 6.32 Å². The van der Waals surface area contributed by atoms with Gasteiger partial charge in [-0.25, -0.2) is 0 Å². The third kappa shape index (κ3) is 1.03. The quantitative estimate of drug-likeness (QED) is 0.604. The van der Waals surface area contributed by atoms with Gasteiger partial charge >= 0.3 is 0 Å². The first-order valence-corrected chi connectivity index (χ1v) is 4.90. The van der Waals surface area contributed by atoms with Crippen molar-refractivity contribution in [1.82, 2.24) is 4.90 Å². The van der Waals surface area contributed by atoms with Gasteiger partial charge in [-0.15, -0.1) is 0 Å². The van der Waals surface area contributed by atoms with Crippen LogP contribution in [-0.4, -0.2) is 42.6 Å². The second-order valence-corrected chi connectivity index (χ2v) is 4.10. The summed E-state index contributed by atoms with van der Waals surface area (Å²) < 4.78 is 0. The van der Waals surface area contributed by atoms with Gasteiger partial charge in [-0.3, -0.25) is 4.90 Å². The lowest BCUT2D eigenvalue weighted by molar-refractivity contribution is 0.116. The van der Waals surface area contributed by atoms with Crippen molar-refractivity contribution in [2.45, 2.75) is 43.6 Å². The van der Waals surface area contributed by atoms with Gasteiger partial charge in [-0.05, 0) is 32.2 Å². The molecule has 0 spiro atoms. The lowest BCUT2D eigenvalue weighted by atomic mass is 9.81. The Labute approximate surface area is 75.4 Å². The van der Waals surface area contributed by atoms with Gasteiger partial charge in [0.05, 0.1) is 14.5 Å². The van der Waals surface area contributed by atoms with E-state index in [9.17, 15) is 0 Å². The molecule has 2 radical (unpaired) electrons. The fraction of sp³-hybridized carbons (Fsp3) is 1.00. The Morgan fingerprint density at radius 1 is 1.50 bits per heavy atom. The monoisotopic (exact) mass is 165 g/mol. The Bertz CT molecular complexity index is 176. The normalized spacial score (nSPS) is 41.9. The number of rotatable bonds is 2. The summed E-state index contributed by atoms with van der Waals surface area (Å²) >= 11 is 0. The highest BCUT2D eigenvalue weighted by Gasteiger charge is 2.46. The van der Waals surface area contributed by atoms with Crippen LogP contribution in [0.4, 0.5) is 0 Å². The van der Waals surface area contributed by atoms with Crippen molar-refractivity contribution in [3.8, 4) is 0 Å². The Kier molecular flexibility index (Phi) is 2.17. The van der Waals surface area contributed by atoms with E-state index in [1.54, 1.807) is 0 Å². The van der Waals surface area contributed by atoms with Gasteiger partial charge in [0.25, 0.3) is 0 Å². The molecule has 0 saturated carbocycles. The predicted molar refractivity (Wildman–Crippen MR) is 49.3 cm³/mol. The predicted octanol–water partition coefficient (Wildman–Crippen LogP) is 0.562. The molecule has 2 saturated heterocycles. The van der Waals surface area contributed by atoms with Gasteiger partial charge in [0.1, 0.15) is 0 Å². The number of hydrogen-bond acceptors (Lipinski definition) is 2. The molecule has 12 heavy (non-hydrogen) atoms. The van der Waals surface area contributed by atoms with E-state index in [0.717, 1.165) is 19.3 Å². The van der Waals surface area contributed by atoms with Crippen LogP contribution in [0.5, 0.6) is 0 Å². The summed E-state index contributed by atoms with van der Waals surface area (Å²) in [6.45, 7) is 1.45.